The molecular formula is C28H48O6. The molecule has 0 spiro atoms. The Labute approximate surface area is 205 Å². The molecule has 4 rings (SSSR count). The highest BCUT2D eigenvalue weighted by molar-refractivity contribution is 5.74. The van der Waals surface area contributed by atoms with Gasteiger partial charge in [0.25, 0.3) is 0 Å². The summed E-state index contributed by atoms with van der Waals surface area (Å²) in [6.45, 7) is 13.2. The lowest BCUT2D eigenvalue weighted by Gasteiger charge is -2.56. The Balaban J connectivity index is 1.58. The van der Waals surface area contributed by atoms with Crippen molar-refractivity contribution in [2.75, 3.05) is 6.61 Å². The SMILES string of the molecule is CC(C)[C@H](C)[C@H](O)[C@H](O)[C@H](C)[C@@H]1CC[C@@H]2[C@@H]3COC(=O)[C@@H]4C[C@H](O)[C@H](O)C[C@]4(C)[C@H]3CC[C@]21C. The van der Waals surface area contributed by atoms with Crippen molar-refractivity contribution in [2.45, 2.75) is 104 Å². The number of cyclic esters (lactones) is 1. The monoisotopic (exact) mass is 480 g/mol. The van der Waals surface area contributed by atoms with Crippen molar-refractivity contribution in [1.29, 1.82) is 0 Å². The highest BCUT2D eigenvalue weighted by Gasteiger charge is 2.63. The second kappa shape index (κ2) is 9.32. The van der Waals surface area contributed by atoms with Gasteiger partial charge >= 0.3 is 5.97 Å². The zero-order valence-electron chi connectivity index (χ0n) is 22.0. The highest BCUT2D eigenvalue weighted by atomic mass is 16.5. The Morgan fingerprint density at radius 1 is 0.912 bits per heavy atom. The standard InChI is InChI=1S/C28H48O6/c1-14(2)15(3)24(31)25(32)16(4)18-7-8-19-17-13-34-26(33)21-11-22(29)23(30)12-28(21,6)20(17)9-10-27(18,19)5/h14-25,29-32H,7-13H2,1-6H3/t15-,16+,17-,18-,19+,20-,21-,22-,23+,24-,25+,27-,28+/m0/s1. The molecule has 0 unspecified atom stereocenters. The van der Waals surface area contributed by atoms with Crippen LogP contribution in [0.5, 0.6) is 0 Å². The first-order valence-electron chi connectivity index (χ1n) is 13.7. The normalized spacial score (nSPS) is 48.1. The number of hydrogen-bond acceptors (Lipinski definition) is 6. The summed E-state index contributed by atoms with van der Waals surface area (Å²) in [7, 11) is 0. The topological polar surface area (TPSA) is 107 Å². The number of carbonyl (C=O) groups is 1. The Kier molecular flexibility index (Phi) is 7.23. The fraction of sp³-hybridized carbons (Fsp3) is 0.964. The van der Waals surface area contributed by atoms with Crippen LogP contribution < -0.4 is 0 Å². The smallest absolute Gasteiger partial charge is 0.309 e. The minimum atomic E-state index is -0.867. The second-order valence-corrected chi connectivity index (χ2v) is 13.3. The lowest BCUT2D eigenvalue weighted by Crippen LogP contribution is -2.55. The van der Waals surface area contributed by atoms with Crippen LogP contribution in [0.15, 0.2) is 0 Å². The Morgan fingerprint density at radius 2 is 1.56 bits per heavy atom. The van der Waals surface area contributed by atoms with Crippen LogP contribution in [-0.2, 0) is 9.53 Å². The van der Waals surface area contributed by atoms with E-state index >= 15 is 0 Å². The summed E-state index contributed by atoms with van der Waals surface area (Å²) < 4.78 is 5.86. The quantitative estimate of drug-likeness (QED) is 0.450. The summed E-state index contributed by atoms with van der Waals surface area (Å²) in [5, 5.41) is 42.9. The van der Waals surface area contributed by atoms with E-state index in [1.165, 1.54) is 0 Å². The van der Waals surface area contributed by atoms with E-state index in [1.54, 1.807) is 0 Å². The van der Waals surface area contributed by atoms with Gasteiger partial charge in [-0.25, -0.2) is 0 Å². The Bertz CT molecular complexity index is 755. The van der Waals surface area contributed by atoms with Crippen LogP contribution in [0.2, 0.25) is 0 Å². The van der Waals surface area contributed by atoms with E-state index in [9.17, 15) is 25.2 Å². The van der Waals surface area contributed by atoms with Gasteiger partial charge in [-0.05, 0) is 90.8 Å². The maximum atomic E-state index is 13.0. The fourth-order valence-electron chi connectivity index (χ4n) is 8.95. The van der Waals surface area contributed by atoms with E-state index in [0.29, 0.717) is 30.8 Å². The van der Waals surface area contributed by atoms with Crippen LogP contribution in [-0.4, -0.2) is 57.4 Å². The van der Waals surface area contributed by atoms with Crippen molar-refractivity contribution in [2.24, 2.45) is 58.2 Å². The predicted molar refractivity (Wildman–Crippen MR) is 130 cm³/mol. The third kappa shape index (κ3) is 4.05. The molecule has 6 heteroatoms. The predicted octanol–water partition coefficient (Wildman–Crippen LogP) is 3.39. The first kappa shape index (κ1) is 26.4. The molecular weight excluding hydrogens is 432 g/mol. The van der Waals surface area contributed by atoms with Crippen LogP contribution in [0.4, 0.5) is 0 Å². The average Bonchev–Trinajstić information content (AvgIpc) is 3.09. The van der Waals surface area contributed by atoms with E-state index in [1.807, 2.05) is 6.92 Å². The molecule has 4 aliphatic rings. The Hall–Kier alpha value is -0.690. The van der Waals surface area contributed by atoms with Crippen LogP contribution in [0.1, 0.15) is 80.1 Å². The molecule has 0 bridgehead atoms. The summed E-state index contributed by atoms with van der Waals surface area (Å²) in [6.07, 6.45) is 1.61. The van der Waals surface area contributed by atoms with Gasteiger partial charge in [-0.2, -0.15) is 0 Å². The van der Waals surface area contributed by atoms with Crippen molar-refractivity contribution in [1.82, 2.24) is 0 Å². The minimum Gasteiger partial charge on any atom is -0.465 e. The van der Waals surface area contributed by atoms with Crippen molar-refractivity contribution in [3.63, 3.8) is 0 Å². The van der Waals surface area contributed by atoms with Gasteiger partial charge in [-0.1, -0.05) is 41.5 Å². The van der Waals surface area contributed by atoms with Crippen LogP contribution in [0, 0.1) is 58.2 Å². The van der Waals surface area contributed by atoms with E-state index in [4.69, 9.17) is 4.74 Å². The summed E-state index contributed by atoms with van der Waals surface area (Å²) in [6, 6.07) is 0. The maximum Gasteiger partial charge on any atom is 0.309 e. The van der Waals surface area contributed by atoms with Crippen molar-refractivity contribution < 1.29 is 30.0 Å². The van der Waals surface area contributed by atoms with E-state index < -0.39 is 24.4 Å². The van der Waals surface area contributed by atoms with Gasteiger partial charge in [-0.15, -0.1) is 0 Å². The van der Waals surface area contributed by atoms with Crippen molar-refractivity contribution >= 4 is 5.97 Å². The third-order valence-electron chi connectivity index (χ3n) is 11.5. The van der Waals surface area contributed by atoms with Gasteiger partial charge in [0.1, 0.15) is 0 Å². The molecule has 3 aliphatic carbocycles. The fourth-order valence-corrected chi connectivity index (χ4v) is 8.95. The summed E-state index contributed by atoms with van der Waals surface area (Å²) in [5.74, 6) is 0.948. The molecule has 1 aliphatic heterocycles. The largest absolute Gasteiger partial charge is 0.465 e. The molecule has 1 saturated heterocycles. The number of aliphatic hydroxyl groups excluding tert-OH is 4. The highest BCUT2D eigenvalue weighted by Crippen LogP contribution is 2.66. The van der Waals surface area contributed by atoms with Gasteiger partial charge in [0.05, 0.1) is 36.9 Å². The first-order chi connectivity index (χ1) is 15.8. The molecule has 6 nitrogen and oxygen atoms in total. The maximum absolute atomic E-state index is 13.0. The van der Waals surface area contributed by atoms with Crippen molar-refractivity contribution in [3.05, 3.63) is 0 Å². The molecule has 196 valence electrons. The lowest BCUT2D eigenvalue weighted by molar-refractivity contribution is -0.162. The molecule has 0 amide bonds. The van der Waals surface area contributed by atoms with Crippen molar-refractivity contribution in [3.8, 4) is 0 Å². The molecule has 0 aromatic rings. The number of ether oxygens (including phenoxy) is 1. The van der Waals surface area contributed by atoms with Gasteiger partial charge in [0.2, 0.25) is 0 Å². The van der Waals surface area contributed by atoms with E-state index in [2.05, 4.69) is 34.6 Å². The van der Waals surface area contributed by atoms with Crippen LogP contribution in [0.3, 0.4) is 0 Å². The lowest BCUT2D eigenvalue weighted by atomic mass is 9.48. The number of fused-ring (bicyclic) bond motifs is 5. The first-order valence-corrected chi connectivity index (χ1v) is 13.7. The van der Waals surface area contributed by atoms with Gasteiger partial charge in [0, 0.05) is 0 Å². The molecule has 1 heterocycles. The number of rotatable bonds is 5. The number of carbonyl (C=O) groups excluding carboxylic acids is 1. The average molecular weight is 481 g/mol. The number of aliphatic hydroxyl groups is 4. The van der Waals surface area contributed by atoms with Crippen LogP contribution in [0.25, 0.3) is 0 Å². The molecule has 4 fully saturated rings. The molecule has 0 radical (unpaired) electrons. The molecule has 3 saturated carbocycles. The second-order valence-electron chi connectivity index (χ2n) is 13.3. The number of esters is 1. The van der Waals surface area contributed by atoms with Gasteiger partial charge in [-0.3, -0.25) is 4.79 Å². The van der Waals surface area contributed by atoms with Gasteiger partial charge < -0.3 is 25.2 Å². The zero-order valence-corrected chi connectivity index (χ0v) is 22.0. The molecule has 0 aromatic carbocycles. The molecule has 4 N–H and O–H groups in total. The summed E-state index contributed by atoms with van der Waals surface area (Å²) in [5.41, 5.74) is -0.345. The summed E-state index contributed by atoms with van der Waals surface area (Å²) >= 11 is 0. The summed E-state index contributed by atoms with van der Waals surface area (Å²) in [4.78, 5) is 13.0. The minimum absolute atomic E-state index is 0.00827. The Morgan fingerprint density at radius 3 is 2.21 bits per heavy atom. The zero-order chi connectivity index (χ0) is 25.2. The molecule has 0 aromatic heterocycles. The van der Waals surface area contributed by atoms with Crippen LogP contribution >= 0.6 is 0 Å². The number of hydrogen-bond donors (Lipinski definition) is 4. The molecule has 13 atom stereocenters. The van der Waals surface area contributed by atoms with Gasteiger partial charge in [0.15, 0.2) is 0 Å². The molecule has 34 heavy (non-hydrogen) atoms. The third-order valence-corrected chi connectivity index (χ3v) is 11.5. The van der Waals surface area contributed by atoms with E-state index in [0.717, 1.165) is 25.7 Å². The van der Waals surface area contributed by atoms with E-state index in [-0.39, 0.29) is 52.8 Å².